The third-order valence-corrected chi connectivity index (χ3v) is 6.77. The molecule has 3 fully saturated rings. The molecule has 1 aliphatic carbocycles. The van der Waals surface area contributed by atoms with Crippen LogP contribution in [0.25, 0.3) is 0 Å². The zero-order chi connectivity index (χ0) is 14.3. The Labute approximate surface area is 121 Å². The highest BCUT2D eigenvalue weighted by molar-refractivity contribution is 7.91. The zero-order valence-corrected chi connectivity index (χ0v) is 12.8. The molecular formula is C14H25NO4S. The van der Waals surface area contributed by atoms with Gasteiger partial charge in [0.25, 0.3) is 0 Å². The summed E-state index contributed by atoms with van der Waals surface area (Å²) in [5, 5.41) is 10.6. The summed E-state index contributed by atoms with van der Waals surface area (Å²) in [5.41, 5.74) is -0.822. The number of morpholine rings is 1. The minimum absolute atomic E-state index is 0.00928. The van der Waals surface area contributed by atoms with Gasteiger partial charge in [0.2, 0.25) is 0 Å². The molecule has 0 aromatic heterocycles. The summed E-state index contributed by atoms with van der Waals surface area (Å²) in [5.74, 6) is 0.248. The van der Waals surface area contributed by atoms with Crippen molar-refractivity contribution in [2.45, 2.75) is 49.7 Å². The lowest BCUT2D eigenvalue weighted by molar-refractivity contribution is -0.121. The first kappa shape index (κ1) is 14.8. The number of β-amino-alcohol motifs (C(OH)–C–C–N with tert-alkyl or cyclic N) is 1. The van der Waals surface area contributed by atoms with Gasteiger partial charge in [-0.15, -0.1) is 0 Å². The number of nitrogens with zero attached hydrogens (tertiary/aromatic N) is 1. The Bertz CT molecular complexity index is 442. The van der Waals surface area contributed by atoms with Gasteiger partial charge < -0.3 is 9.84 Å². The van der Waals surface area contributed by atoms with E-state index in [4.69, 9.17) is 4.74 Å². The van der Waals surface area contributed by atoms with Gasteiger partial charge in [0.1, 0.15) is 0 Å². The van der Waals surface area contributed by atoms with E-state index < -0.39 is 15.4 Å². The van der Waals surface area contributed by atoms with Gasteiger partial charge in [0.05, 0.1) is 29.3 Å². The maximum absolute atomic E-state index is 11.5. The van der Waals surface area contributed by atoms with Gasteiger partial charge in [-0.3, -0.25) is 4.90 Å². The van der Waals surface area contributed by atoms with Crippen molar-refractivity contribution in [2.24, 2.45) is 0 Å². The summed E-state index contributed by atoms with van der Waals surface area (Å²) >= 11 is 0. The van der Waals surface area contributed by atoms with Crippen LogP contribution < -0.4 is 0 Å². The Morgan fingerprint density at radius 1 is 1.10 bits per heavy atom. The van der Waals surface area contributed by atoms with Crippen LogP contribution in [-0.4, -0.2) is 67.4 Å². The van der Waals surface area contributed by atoms with Crippen LogP contribution in [0.1, 0.15) is 38.5 Å². The summed E-state index contributed by atoms with van der Waals surface area (Å²) in [4.78, 5) is 2.28. The van der Waals surface area contributed by atoms with Gasteiger partial charge >= 0.3 is 0 Å². The standard InChI is InChI=1S/C14H25NO4S/c16-13(5-9-20(17,18)10-6-13)11-15-7-8-19-14(12-15)3-1-2-4-14/h16H,1-12H2. The van der Waals surface area contributed by atoms with Crippen LogP contribution in [0.4, 0.5) is 0 Å². The van der Waals surface area contributed by atoms with E-state index in [0.29, 0.717) is 19.4 Å². The van der Waals surface area contributed by atoms with E-state index in [0.717, 1.165) is 32.5 Å². The second kappa shape index (κ2) is 5.23. The third kappa shape index (κ3) is 3.18. The molecule has 3 rings (SSSR count). The topological polar surface area (TPSA) is 66.8 Å². The molecule has 5 nitrogen and oxygen atoms in total. The molecule has 0 aromatic rings. The maximum Gasteiger partial charge on any atom is 0.150 e. The molecule has 2 aliphatic heterocycles. The first-order valence-electron chi connectivity index (χ1n) is 7.70. The van der Waals surface area contributed by atoms with Gasteiger partial charge in [0.15, 0.2) is 9.84 Å². The molecule has 1 N–H and O–H groups in total. The second-order valence-corrected chi connectivity index (χ2v) is 9.13. The number of rotatable bonds is 2. The van der Waals surface area contributed by atoms with E-state index in [1.54, 1.807) is 0 Å². The number of hydrogen-bond donors (Lipinski definition) is 1. The Hall–Kier alpha value is -0.170. The second-order valence-electron chi connectivity index (χ2n) is 6.83. The molecule has 6 heteroatoms. The molecule has 1 saturated carbocycles. The minimum atomic E-state index is -2.92. The van der Waals surface area contributed by atoms with Crippen LogP contribution in [0.15, 0.2) is 0 Å². The first-order chi connectivity index (χ1) is 9.41. The normalized spacial score (nSPS) is 32.5. The van der Waals surface area contributed by atoms with Crippen molar-refractivity contribution in [3.05, 3.63) is 0 Å². The highest BCUT2D eigenvalue weighted by atomic mass is 32.2. The van der Waals surface area contributed by atoms with Crippen molar-refractivity contribution >= 4 is 9.84 Å². The van der Waals surface area contributed by atoms with Gasteiger partial charge in [-0.25, -0.2) is 8.42 Å². The van der Waals surface area contributed by atoms with Gasteiger partial charge in [-0.1, -0.05) is 12.8 Å². The highest BCUT2D eigenvalue weighted by Gasteiger charge is 2.42. The fraction of sp³-hybridized carbons (Fsp3) is 1.00. The number of aliphatic hydroxyl groups is 1. The Kier molecular flexibility index (Phi) is 3.86. The van der Waals surface area contributed by atoms with Crippen LogP contribution in [0.2, 0.25) is 0 Å². The van der Waals surface area contributed by atoms with Gasteiger partial charge in [0, 0.05) is 19.6 Å². The molecule has 1 spiro atoms. The molecule has 0 amide bonds. The largest absolute Gasteiger partial charge is 0.388 e. The average molecular weight is 303 g/mol. The van der Waals surface area contributed by atoms with E-state index >= 15 is 0 Å². The average Bonchev–Trinajstić information content (AvgIpc) is 2.82. The summed E-state index contributed by atoms with van der Waals surface area (Å²) in [6.45, 7) is 3.06. The predicted octanol–water partition coefficient (Wildman–Crippen LogP) is 0.571. The number of ether oxygens (including phenoxy) is 1. The molecule has 116 valence electrons. The lowest BCUT2D eigenvalue weighted by Gasteiger charge is -2.44. The number of hydrogen-bond acceptors (Lipinski definition) is 5. The van der Waals surface area contributed by atoms with Crippen LogP contribution in [0.3, 0.4) is 0 Å². The van der Waals surface area contributed by atoms with E-state index in [1.165, 1.54) is 12.8 Å². The fourth-order valence-corrected chi connectivity index (χ4v) is 5.46. The maximum atomic E-state index is 11.5. The molecule has 0 aromatic carbocycles. The smallest absolute Gasteiger partial charge is 0.150 e. The van der Waals surface area contributed by atoms with Crippen LogP contribution >= 0.6 is 0 Å². The Morgan fingerprint density at radius 3 is 2.40 bits per heavy atom. The summed E-state index contributed by atoms with van der Waals surface area (Å²) in [7, 11) is -2.92. The Balaban J connectivity index is 1.60. The summed E-state index contributed by atoms with van der Waals surface area (Å²) in [6.07, 6.45) is 5.46. The summed E-state index contributed by atoms with van der Waals surface area (Å²) < 4.78 is 29.0. The molecule has 0 atom stereocenters. The van der Waals surface area contributed by atoms with Crippen molar-refractivity contribution < 1.29 is 18.3 Å². The molecular weight excluding hydrogens is 278 g/mol. The van der Waals surface area contributed by atoms with E-state index in [2.05, 4.69) is 4.90 Å². The SMILES string of the molecule is O=S1(=O)CCC(O)(CN2CCOC3(CCCC3)C2)CC1. The molecule has 0 bridgehead atoms. The van der Waals surface area contributed by atoms with Gasteiger partial charge in [-0.05, 0) is 25.7 Å². The quantitative estimate of drug-likeness (QED) is 0.808. The summed E-state index contributed by atoms with van der Waals surface area (Å²) in [6, 6.07) is 0. The highest BCUT2D eigenvalue weighted by Crippen LogP contribution is 2.36. The fourth-order valence-electron chi connectivity index (χ4n) is 3.87. The van der Waals surface area contributed by atoms with Crippen molar-refractivity contribution in [1.29, 1.82) is 0 Å². The lowest BCUT2D eigenvalue weighted by Crippen LogP contribution is -2.56. The minimum Gasteiger partial charge on any atom is -0.388 e. The van der Waals surface area contributed by atoms with Crippen LogP contribution in [-0.2, 0) is 14.6 Å². The van der Waals surface area contributed by atoms with E-state index in [9.17, 15) is 13.5 Å². The van der Waals surface area contributed by atoms with Crippen LogP contribution in [0.5, 0.6) is 0 Å². The molecule has 3 aliphatic rings. The Morgan fingerprint density at radius 2 is 1.75 bits per heavy atom. The van der Waals surface area contributed by atoms with Crippen LogP contribution in [0, 0.1) is 0 Å². The van der Waals surface area contributed by atoms with Crippen molar-refractivity contribution in [3.63, 3.8) is 0 Å². The van der Waals surface area contributed by atoms with Crippen molar-refractivity contribution in [3.8, 4) is 0 Å². The monoisotopic (exact) mass is 303 g/mol. The predicted molar refractivity (Wildman–Crippen MR) is 76.4 cm³/mol. The van der Waals surface area contributed by atoms with Gasteiger partial charge in [-0.2, -0.15) is 0 Å². The van der Waals surface area contributed by atoms with E-state index in [-0.39, 0.29) is 17.1 Å². The zero-order valence-electron chi connectivity index (χ0n) is 12.0. The molecule has 2 heterocycles. The van der Waals surface area contributed by atoms with Crippen molar-refractivity contribution in [1.82, 2.24) is 4.90 Å². The first-order valence-corrected chi connectivity index (χ1v) is 9.52. The van der Waals surface area contributed by atoms with Crippen molar-refractivity contribution in [2.75, 3.05) is 37.7 Å². The molecule has 0 radical (unpaired) electrons. The molecule has 0 unspecified atom stereocenters. The molecule has 20 heavy (non-hydrogen) atoms. The third-order valence-electron chi connectivity index (χ3n) is 5.12. The number of sulfone groups is 1. The molecule has 2 saturated heterocycles. The lowest BCUT2D eigenvalue weighted by atomic mass is 9.93. The van der Waals surface area contributed by atoms with E-state index in [1.807, 2.05) is 0 Å².